The summed E-state index contributed by atoms with van der Waals surface area (Å²) in [6.07, 6.45) is -0.693. The van der Waals surface area contributed by atoms with Crippen LogP contribution >= 0.6 is 11.3 Å². The van der Waals surface area contributed by atoms with Gasteiger partial charge in [-0.15, -0.1) is 11.3 Å². The molecule has 3 nitrogen and oxygen atoms in total. The SMILES string of the molecule is C[C@@H](O)c1ccc(F)cc1OCc1cscn1. The number of aromatic nitrogens is 1. The lowest BCUT2D eigenvalue weighted by Crippen LogP contribution is -2.01. The highest BCUT2D eigenvalue weighted by Gasteiger charge is 2.10. The fraction of sp³-hybridized carbons (Fsp3) is 0.250. The van der Waals surface area contributed by atoms with Gasteiger partial charge in [0, 0.05) is 17.0 Å². The monoisotopic (exact) mass is 253 g/mol. The maximum absolute atomic E-state index is 13.1. The fourth-order valence-corrected chi connectivity index (χ4v) is 1.98. The van der Waals surface area contributed by atoms with Crippen molar-refractivity contribution in [1.29, 1.82) is 0 Å². The second-order valence-corrected chi connectivity index (χ2v) is 4.35. The molecule has 0 aliphatic heterocycles. The van der Waals surface area contributed by atoms with Crippen LogP contribution in [0.4, 0.5) is 4.39 Å². The minimum Gasteiger partial charge on any atom is -0.487 e. The third kappa shape index (κ3) is 3.01. The van der Waals surface area contributed by atoms with E-state index >= 15 is 0 Å². The summed E-state index contributed by atoms with van der Waals surface area (Å²) in [5.74, 6) is -0.0318. The first-order valence-corrected chi connectivity index (χ1v) is 6.08. The van der Waals surface area contributed by atoms with Crippen LogP contribution in [0.3, 0.4) is 0 Å². The quantitative estimate of drug-likeness (QED) is 0.911. The number of thiazole rings is 1. The Morgan fingerprint density at radius 3 is 3.00 bits per heavy atom. The van der Waals surface area contributed by atoms with Crippen LogP contribution in [0.15, 0.2) is 29.1 Å². The highest BCUT2D eigenvalue weighted by atomic mass is 32.1. The Balaban J connectivity index is 2.16. The molecule has 1 heterocycles. The Morgan fingerprint density at radius 2 is 2.35 bits per heavy atom. The number of ether oxygens (including phenoxy) is 1. The van der Waals surface area contributed by atoms with Crippen LogP contribution in [0.1, 0.15) is 24.3 Å². The van der Waals surface area contributed by atoms with Gasteiger partial charge in [-0.1, -0.05) is 0 Å². The van der Waals surface area contributed by atoms with E-state index in [1.54, 1.807) is 12.4 Å². The predicted molar refractivity (Wildman–Crippen MR) is 63.5 cm³/mol. The van der Waals surface area contributed by atoms with Crippen molar-refractivity contribution in [1.82, 2.24) is 4.98 Å². The molecular formula is C12H12FNO2S. The van der Waals surface area contributed by atoms with Crippen molar-refractivity contribution in [2.75, 3.05) is 0 Å². The van der Waals surface area contributed by atoms with E-state index < -0.39 is 6.10 Å². The van der Waals surface area contributed by atoms with Gasteiger partial charge in [-0.05, 0) is 19.1 Å². The summed E-state index contributed by atoms with van der Waals surface area (Å²) in [6, 6.07) is 4.10. The Morgan fingerprint density at radius 1 is 1.53 bits per heavy atom. The molecule has 0 saturated carbocycles. The minimum absolute atomic E-state index is 0.271. The molecule has 1 aromatic carbocycles. The topological polar surface area (TPSA) is 42.4 Å². The van der Waals surface area contributed by atoms with Gasteiger partial charge in [0.05, 0.1) is 17.3 Å². The predicted octanol–water partition coefficient (Wildman–Crippen LogP) is 2.91. The molecule has 90 valence electrons. The Labute approximate surface area is 103 Å². The van der Waals surface area contributed by atoms with E-state index in [1.807, 2.05) is 5.38 Å². The Bertz CT molecular complexity index is 485. The van der Waals surface area contributed by atoms with Crippen molar-refractivity contribution in [3.63, 3.8) is 0 Å². The zero-order valence-corrected chi connectivity index (χ0v) is 10.1. The normalized spacial score (nSPS) is 12.4. The summed E-state index contributed by atoms with van der Waals surface area (Å²) in [5.41, 5.74) is 3.07. The van der Waals surface area contributed by atoms with Crippen molar-refractivity contribution in [3.05, 3.63) is 46.2 Å². The van der Waals surface area contributed by atoms with E-state index in [0.29, 0.717) is 11.3 Å². The van der Waals surface area contributed by atoms with Gasteiger partial charge in [-0.2, -0.15) is 0 Å². The molecule has 2 aromatic rings. The minimum atomic E-state index is -0.693. The molecule has 0 unspecified atom stereocenters. The molecule has 5 heteroatoms. The lowest BCUT2D eigenvalue weighted by atomic mass is 10.1. The third-order valence-electron chi connectivity index (χ3n) is 2.28. The van der Waals surface area contributed by atoms with E-state index in [2.05, 4.69) is 4.98 Å². The van der Waals surface area contributed by atoms with Gasteiger partial charge in [0.25, 0.3) is 0 Å². The second kappa shape index (κ2) is 5.25. The van der Waals surface area contributed by atoms with Gasteiger partial charge in [0.2, 0.25) is 0 Å². The molecule has 17 heavy (non-hydrogen) atoms. The van der Waals surface area contributed by atoms with Crippen molar-refractivity contribution in [2.45, 2.75) is 19.6 Å². The van der Waals surface area contributed by atoms with Crippen LogP contribution in [-0.4, -0.2) is 10.1 Å². The van der Waals surface area contributed by atoms with Crippen molar-refractivity contribution < 1.29 is 14.2 Å². The van der Waals surface area contributed by atoms with Gasteiger partial charge in [0.15, 0.2) is 0 Å². The van der Waals surface area contributed by atoms with Gasteiger partial charge in [-0.25, -0.2) is 9.37 Å². The molecule has 0 saturated heterocycles. The number of nitrogens with zero attached hydrogens (tertiary/aromatic N) is 1. The Hall–Kier alpha value is -1.46. The van der Waals surface area contributed by atoms with Crippen LogP contribution in [0, 0.1) is 5.82 Å². The molecular weight excluding hydrogens is 241 g/mol. The largest absolute Gasteiger partial charge is 0.487 e. The van der Waals surface area contributed by atoms with Crippen molar-refractivity contribution in [3.8, 4) is 5.75 Å². The van der Waals surface area contributed by atoms with Crippen LogP contribution in [0.2, 0.25) is 0 Å². The molecule has 0 aliphatic carbocycles. The first kappa shape index (κ1) is 12.0. The average Bonchev–Trinajstić information content (AvgIpc) is 2.78. The maximum Gasteiger partial charge on any atom is 0.131 e. The molecule has 0 amide bonds. The number of aliphatic hydroxyl groups is 1. The number of aliphatic hydroxyl groups excluding tert-OH is 1. The molecule has 1 atom stereocenters. The maximum atomic E-state index is 13.1. The molecule has 0 spiro atoms. The highest BCUT2D eigenvalue weighted by molar-refractivity contribution is 7.07. The first-order valence-electron chi connectivity index (χ1n) is 5.14. The van der Waals surface area contributed by atoms with Crippen molar-refractivity contribution in [2.24, 2.45) is 0 Å². The zero-order valence-electron chi connectivity index (χ0n) is 9.26. The average molecular weight is 253 g/mol. The highest BCUT2D eigenvalue weighted by Crippen LogP contribution is 2.26. The zero-order chi connectivity index (χ0) is 12.3. The van der Waals surface area contributed by atoms with Crippen LogP contribution in [0.5, 0.6) is 5.75 Å². The fourth-order valence-electron chi connectivity index (χ4n) is 1.44. The standard InChI is InChI=1S/C12H12FNO2S/c1-8(15)11-3-2-9(13)4-12(11)16-5-10-6-17-7-14-10/h2-4,6-8,15H,5H2,1H3/t8-/m1/s1. The summed E-state index contributed by atoms with van der Waals surface area (Å²) in [7, 11) is 0. The van der Waals surface area contributed by atoms with Crippen LogP contribution in [-0.2, 0) is 6.61 Å². The molecule has 2 rings (SSSR count). The number of rotatable bonds is 4. The molecule has 1 aromatic heterocycles. The third-order valence-corrected chi connectivity index (χ3v) is 2.92. The smallest absolute Gasteiger partial charge is 0.131 e. The van der Waals surface area contributed by atoms with Gasteiger partial charge in [0.1, 0.15) is 18.2 Å². The summed E-state index contributed by atoms with van der Waals surface area (Å²) < 4.78 is 18.6. The number of hydrogen-bond donors (Lipinski definition) is 1. The van der Waals surface area contributed by atoms with E-state index in [4.69, 9.17) is 4.74 Å². The molecule has 0 fully saturated rings. The van der Waals surface area contributed by atoms with Crippen LogP contribution in [0.25, 0.3) is 0 Å². The number of halogens is 1. The van der Waals surface area contributed by atoms with Gasteiger partial charge < -0.3 is 9.84 Å². The number of benzene rings is 1. The first-order chi connectivity index (χ1) is 8.16. The summed E-state index contributed by atoms with van der Waals surface area (Å²) in [5, 5.41) is 11.4. The van der Waals surface area contributed by atoms with E-state index in [9.17, 15) is 9.50 Å². The van der Waals surface area contributed by atoms with Gasteiger partial charge in [-0.3, -0.25) is 0 Å². The van der Waals surface area contributed by atoms with Gasteiger partial charge >= 0.3 is 0 Å². The van der Waals surface area contributed by atoms with Crippen molar-refractivity contribution >= 4 is 11.3 Å². The van der Waals surface area contributed by atoms with E-state index in [0.717, 1.165) is 5.69 Å². The summed E-state index contributed by atoms with van der Waals surface area (Å²) >= 11 is 1.47. The lowest BCUT2D eigenvalue weighted by molar-refractivity contribution is 0.189. The van der Waals surface area contributed by atoms with E-state index in [-0.39, 0.29) is 12.4 Å². The molecule has 0 bridgehead atoms. The molecule has 0 radical (unpaired) electrons. The molecule has 0 aliphatic rings. The second-order valence-electron chi connectivity index (χ2n) is 3.63. The van der Waals surface area contributed by atoms with E-state index in [1.165, 1.54) is 29.5 Å². The summed E-state index contributed by atoms with van der Waals surface area (Å²) in [6.45, 7) is 1.88. The lowest BCUT2D eigenvalue weighted by Gasteiger charge is -2.12. The molecule has 1 N–H and O–H groups in total. The summed E-state index contributed by atoms with van der Waals surface area (Å²) in [4.78, 5) is 4.07. The number of hydrogen-bond acceptors (Lipinski definition) is 4. The van der Waals surface area contributed by atoms with Crippen LogP contribution < -0.4 is 4.74 Å². The Kier molecular flexibility index (Phi) is 3.71.